The fourth-order valence-corrected chi connectivity index (χ4v) is 2.37. The van der Waals surface area contributed by atoms with E-state index < -0.39 is 0 Å². The molecule has 0 saturated heterocycles. The maximum absolute atomic E-state index is 4.53. The topological polar surface area (TPSA) is 12.4 Å². The second-order valence-corrected chi connectivity index (χ2v) is 4.32. The molecule has 0 bridgehead atoms. The number of nitrogens with zero attached hydrogens (tertiary/aromatic N) is 1. The third-order valence-corrected chi connectivity index (χ3v) is 3.02. The summed E-state index contributed by atoms with van der Waals surface area (Å²) < 4.78 is 0. The first kappa shape index (κ1) is 7.17. The average Bonchev–Trinajstić information content (AvgIpc) is 2.27. The highest BCUT2D eigenvalue weighted by atomic mass is 32.2. The minimum absolute atomic E-state index is 0.463. The van der Waals surface area contributed by atoms with E-state index in [0.29, 0.717) is 6.04 Å². The van der Waals surface area contributed by atoms with Crippen molar-refractivity contribution in [1.82, 2.24) is 0 Å². The monoisotopic (exact) mass is 165 g/mol. The summed E-state index contributed by atoms with van der Waals surface area (Å²) in [6.45, 7) is 4.25. The van der Waals surface area contributed by atoms with Gasteiger partial charge in [-0.1, -0.05) is 29.5 Å². The zero-order chi connectivity index (χ0) is 7.84. The molecule has 0 aromatic rings. The maximum Gasteiger partial charge on any atom is 0.0857 e. The Hall–Kier alpha value is -0.500. The zero-order valence-electron chi connectivity index (χ0n) is 6.79. The van der Waals surface area contributed by atoms with Crippen LogP contribution in [0.2, 0.25) is 0 Å². The van der Waals surface area contributed by atoms with Crippen LogP contribution in [0.4, 0.5) is 0 Å². The average molecular weight is 165 g/mol. The molecule has 0 fully saturated rings. The van der Waals surface area contributed by atoms with Gasteiger partial charge in [0.25, 0.3) is 0 Å². The molecule has 2 heteroatoms. The van der Waals surface area contributed by atoms with E-state index in [1.54, 1.807) is 0 Å². The molecule has 0 aromatic carbocycles. The van der Waals surface area contributed by atoms with Gasteiger partial charge in [0, 0.05) is 4.91 Å². The van der Waals surface area contributed by atoms with Crippen LogP contribution in [0, 0.1) is 0 Å². The van der Waals surface area contributed by atoms with E-state index in [1.165, 1.54) is 15.5 Å². The molecule has 0 saturated carbocycles. The number of rotatable bonds is 0. The fourth-order valence-electron chi connectivity index (χ4n) is 1.44. The Bertz CT molecular complexity index is 273. The van der Waals surface area contributed by atoms with Gasteiger partial charge in [0.1, 0.15) is 0 Å². The van der Waals surface area contributed by atoms with Gasteiger partial charge in [0.15, 0.2) is 0 Å². The molecule has 0 N–H and O–H groups in total. The lowest BCUT2D eigenvalue weighted by Gasteiger charge is -2.12. The lowest BCUT2D eigenvalue weighted by Crippen LogP contribution is -2.05. The van der Waals surface area contributed by atoms with Gasteiger partial charge >= 0.3 is 0 Å². The number of aliphatic imine (C=N–C) groups is 1. The van der Waals surface area contributed by atoms with E-state index in [9.17, 15) is 0 Å². The molecule has 2 rings (SSSR count). The molecule has 0 spiro atoms. The Morgan fingerprint density at radius 2 is 2.27 bits per heavy atom. The van der Waals surface area contributed by atoms with E-state index in [1.807, 2.05) is 11.8 Å². The molecule has 2 aliphatic rings. The van der Waals surface area contributed by atoms with Crippen molar-refractivity contribution < 1.29 is 0 Å². The van der Waals surface area contributed by atoms with Crippen LogP contribution in [0.5, 0.6) is 0 Å². The van der Waals surface area contributed by atoms with Crippen molar-refractivity contribution in [3.8, 4) is 0 Å². The summed E-state index contributed by atoms with van der Waals surface area (Å²) in [4.78, 5) is 5.96. The molecule has 1 unspecified atom stereocenters. The molecule has 1 heterocycles. The van der Waals surface area contributed by atoms with Gasteiger partial charge < -0.3 is 0 Å². The van der Waals surface area contributed by atoms with Crippen LogP contribution in [0.3, 0.4) is 0 Å². The van der Waals surface area contributed by atoms with E-state index in [4.69, 9.17) is 0 Å². The third-order valence-electron chi connectivity index (χ3n) is 1.98. The van der Waals surface area contributed by atoms with E-state index in [-0.39, 0.29) is 0 Å². The Labute approximate surface area is 71.3 Å². The van der Waals surface area contributed by atoms with Gasteiger partial charge in [-0.25, -0.2) is 0 Å². The Morgan fingerprint density at radius 3 is 3.09 bits per heavy atom. The quantitative estimate of drug-likeness (QED) is 0.537. The zero-order valence-corrected chi connectivity index (χ0v) is 7.61. The van der Waals surface area contributed by atoms with E-state index in [2.05, 4.69) is 31.0 Å². The number of thioether (sulfide) groups is 1. The van der Waals surface area contributed by atoms with Gasteiger partial charge in [0.2, 0.25) is 0 Å². The summed E-state index contributed by atoms with van der Waals surface area (Å²) >= 11 is 1.82. The minimum Gasteiger partial charge on any atom is -0.274 e. The first-order valence-electron chi connectivity index (χ1n) is 3.85. The predicted molar refractivity (Wildman–Crippen MR) is 50.9 cm³/mol. The molecule has 1 aliphatic heterocycles. The molecule has 11 heavy (non-hydrogen) atoms. The highest BCUT2D eigenvalue weighted by molar-refractivity contribution is 8.17. The van der Waals surface area contributed by atoms with Crippen molar-refractivity contribution >= 4 is 16.8 Å². The number of allylic oxidation sites excluding steroid dienone is 2. The van der Waals surface area contributed by atoms with E-state index in [0.717, 1.165) is 6.42 Å². The van der Waals surface area contributed by atoms with Crippen LogP contribution in [0.1, 0.15) is 20.3 Å². The normalized spacial score (nSPS) is 28.9. The lowest BCUT2D eigenvalue weighted by molar-refractivity contribution is 0.790. The standard InChI is InChI=1S/C9H11NS/c1-6-3-4-9-8(5-6)10-7(2)11-9/h3-4,8H,5H2,1-2H3. The van der Waals surface area contributed by atoms with Gasteiger partial charge in [-0.15, -0.1) is 0 Å². The van der Waals surface area contributed by atoms with Crippen LogP contribution >= 0.6 is 11.8 Å². The fraction of sp³-hybridized carbons (Fsp3) is 0.444. The highest BCUT2D eigenvalue weighted by Crippen LogP contribution is 2.36. The van der Waals surface area contributed by atoms with E-state index >= 15 is 0 Å². The third kappa shape index (κ3) is 1.27. The molecular formula is C9H11NS. The molecule has 1 atom stereocenters. The largest absolute Gasteiger partial charge is 0.274 e. The van der Waals surface area contributed by atoms with Crippen molar-refractivity contribution in [2.24, 2.45) is 4.99 Å². The Balaban J connectivity index is 2.27. The smallest absolute Gasteiger partial charge is 0.0857 e. The number of hydrogen-bond donors (Lipinski definition) is 0. The molecule has 58 valence electrons. The Kier molecular flexibility index (Phi) is 1.64. The molecular weight excluding hydrogens is 154 g/mol. The van der Waals surface area contributed by atoms with Gasteiger partial charge in [0.05, 0.1) is 11.1 Å². The van der Waals surface area contributed by atoms with Crippen molar-refractivity contribution in [2.45, 2.75) is 26.3 Å². The first-order valence-corrected chi connectivity index (χ1v) is 4.67. The summed E-state index contributed by atoms with van der Waals surface area (Å²) in [6.07, 6.45) is 5.53. The molecule has 1 aliphatic carbocycles. The van der Waals surface area contributed by atoms with Crippen molar-refractivity contribution in [3.63, 3.8) is 0 Å². The van der Waals surface area contributed by atoms with Gasteiger partial charge in [-0.2, -0.15) is 0 Å². The molecule has 0 aromatic heterocycles. The Morgan fingerprint density at radius 1 is 1.45 bits per heavy atom. The molecule has 0 radical (unpaired) electrons. The SMILES string of the molecule is CC1=CC=C2SC(C)=NC2C1. The highest BCUT2D eigenvalue weighted by Gasteiger charge is 2.23. The van der Waals surface area contributed by atoms with Crippen molar-refractivity contribution in [3.05, 3.63) is 22.6 Å². The molecule has 0 amide bonds. The second-order valence-electron chi connectivity index (χ2n) is 3.05. The van der Waals surface area contributed by atoms with Crippen LogP contribution in [-0.2, 0) is 0 Å². The summed E-state index contributed by atoms with van der Waals surface area (Å²) in [6, 6.07) is 0.463. The number of fused-ring (bicyclic) bond motifs is 1. The number of hydrogen-bond acceptors (Lipinski definition) is 2. The van der Waals surface area contributed by atoms with Crippen LogP contribution in [-0.4, -0.2) is 11.1 Å². The van der Waals surface area contributed by atoms with Gasteiger partial charge in [-0.3, -0.25) is 4.99 Å². The van der Waals surface area contributed by atoms with Gasteiger partial charge in [-0.05, 0) is 20.3 Å². The molecule has 1 nitrogen and oxygen atoms in total. The van der Waals surface area contributed by atoms with Crippen LogP contribution < -0.4 is 0 Å². The van der Waals surface area contributed by atoms with Crippen molar-refractivity contribution in [2.75, 3.05) is 0 Å². The first-order chi connectivity index (χ1) is 5.25. The van der Waals surface area contributed by atoms with Crippen molar-refractivity contribution in [1.29, 1.82) is 0 Å². The van der Waals surface area contributed by atoms with Crippen LogP contribution in [0.25, 0.3) is 0 Å². The summed E-state index contributed by atoms with van der Waals surface area (Å²) in [7, 11) is 0. The summed E-state index contributed by atoms with van der Waals surface area (Å²) in [5.74, 6) is 0. The predicted octanol–water partition coefficient (Wildman–Crippen LogP) is 2.75. The lowest BCUT2D eigenvalue weighted by atomic mass is 10.0. The maximum atomic E-state index is 4.53. The van der Waals surface area contributed by atoms with Crippen LogP contribution in [0.15, 0.2) is 27.6 Å². The summed E-state index contributed by atoms with van der Waals surface area (Å²) in [5, 5.41) is 1.21. The summed E-state index contributed by atoms with van der Waals surface area (Å²) in [5.41, 5.74) is 1.44. The second kappa shape index (κ2) is 2.52. The minimum atomic E-state index is 0.463.